The van der Waals surface area contributed by atoms with Gasteiger partial charge in [-0.05, 0) is 17.7 Å². The normalized spacial score (nSPS) is 13.3. The maximum Gasteiger partial charge on any atom is 0.224 e. The lowest BCUT2D eigenvalue weighted by atomic mass is 10.0. The van der Waals surface area contributed by atoms with Gasteiger partial charge in [-0.15, -0.1) is 0 Å². The van der Waals surface area contributed by atoms with Crippen molar-refractivity contribution in [3.8, 4) is 0 Å². The fourth-order valence-electron chi connectivity index (χ4n) is 2.72. The Kier molecular flexibility index (Phi) is 2.32. The highest BCUT2D eigenvalue weighted by molar-refractivity contribution is 6.22. The van der Waals surface area contributed by atoms with Crippen LogP contribution in [0.5, 0.6) is 0 Å². The highest BCUT2D eigenvalue weighted by atomic mass is 16.4. The lowest BCUT2D eigenvalue weighted by molar-refractivity contribution is 0.165. The first-order chi connectivity index (χ1) is 9.75. The second kappa shape index (κ2) is 4.05. The monoisotopic (exact) mass is 263 g/mol. The van der Waals surface area contributed by atoms with E-state index in [1.54, 1.807) is 6.92 Å². The van der Waals surface area contributed by atoms with Crippen molar-refractivity contribution in [3.63, 3.8) is 0 Å². The van der Waals surface area contributed by atoms with E-state index < -0.39 is 6.10 Å². The first kappa shape index (κ1) is 11.4. The largest absolute Gasteiger partial charge is 0.437 e. The minimum absolute atomic E-state index is 0.363. The predicted octanol–water partition coefficient (Wildman–Crippen LogP) is 4.19. The average molecular weight is 263 g/mol. The van der Waals surface area contributed by atoms with Gasteiger partial charge in [-0.1, -0.05) is 48.5 Å². The molecule has 1 aromatic heterocycles. The lowest BCUT2D eigenvalue weighted by Crippen LogP contribution is -1.89. The minimum atomic E-state index is -0.708. The number of benzene rings is 3. The summed E-state index contributed by atoms with van der Waals surface area (Å²) in [6.07, 6.45) is -0.708. The Morgan fingerprint density at radius 3 is 2.10 bits per heavy atom. The van der Waals surface area contributed by atoms with Crippen LogP contribution in [0.25, 0.3) is 32.6 Å². The smallest absolute Gasteiger partial charge is 0.224 e. The third-order valence-corrected chi connectivity index (χ3v) is 3.65. The Morgan fingerprint density at radius 1 is 0.900 bits per heavy atom. The summed E-state index contributed by atoms with van der Waals surface area (Å²) in [7, 11) is 0. The third kappa shape index (κ3) is 1.47. The Morgan fingerprint density at radius 2 is 1.45 bits per heavy atom. The molecule has 3 nitrogen and oxygen atoms in total. The first-order valence-corrected chi connectivity index (χ1v) is 6.63. The third-order valence-electron chi connectivity index (χ3n) is 3.65. The zero-order valence-electron chi connectivity index (χ0n) is 11.0. The average Bonchev–Trinajstić information content (AvgIpc) is 2.93. The number of hydrogen-bond acceptors (Lipinski definition) is 3. The van der Waals surface area contributed by atoms with E-state index in [9.17, 15) is 5.11 Å². The van der Waals surface area contributed by atoms with Gasteiger partial charge in [-0.25, -0.2) is 4.98 Å². The highest BCUT2D eigenvalue weighted by Gasteiger charge is 2.16. The molecule has 0 saturated carbocycles. The molecule has 1 unspecified atom stereocenters. The van der Waals surface area contributed by atoms with Crippen LogP contribution < -0.4 is 0 Å². The molecule has 3 aromatic carbocycles. The lowest BCUT2D eigenvalue weighted by Gasteiger charge is -2.04. The van der Waals surface area contributed by atoms with E-state index in [-0.39, 0.29) is 0 Å². The molecule has 0 saturated heterocycles. The summed E-state index contributed by atoms with van der Waals surface area (Å²) in [4.78, 5) is 4.47. The van der Waals surface area contributed by atoms with Gasteiger partial charge in [0.25, 0.3) is 0 Å². The fourth-order valence-corrected chi connectivity index (χ4v) is 2.72. The number of aromatic nitrogens is 1. The predicted molar refractivity (Wildman–Crippen MR) is 79.7 cm³/mol. The van der Waals surface area contributed by atoms with E-state index in [4.69, 9.17) is 4.42 Å². The van der Waals surface area contributed by atoms with E-state index in [0.717, 1.165) is 32.6 Å². The van der Waals surface area contributed by atoms with Crippen LogP contribution in [-0.4, -0.2) is 10.1 Å². The van der Waals surface area contributed by atoms with E-state index in [0.29, 0.717) is 5.89 Å². The Hall–Kier alpha value is -2.39. The molecule has 0 amide bonds. The summed E-state index contributed by atoms with van der Waals surface area (Å²) in [5.74, 6) is 0.363. The van der Waals surface area contributed by atoms with Crippen LogP contribution in [0.2, 0.25) is 0 Å². The van der Waals surface area contributed by atoms with Crippen LogP contribution in [0.4, 0.5) is 0 Å². The van der Waals surface area contributed by atoms with E-state index in [1.807, 2.05) is 36.4 Å². The van der Waals surface area contributed by atoms with Gasteiger partial charge in [0.1, 0.15) is 11.6 Å². The molecular formula is C17H13NO2. The van der Waals surface area contributed by atoms with Crippen LogP contribution in [-0.2, 0) is 0 Å². The number of aliphatic hydroxyl groups excluding tert-OH is 1. The van der Waals surface area contributed by atoms with Gasteiger partial charge in [0.2, 0.25) is 5.89 Å². The number of oxazole rings is 1. The van der Waals surface area contributed by atoms with Gasteiger partial charge < -0.3 is 9.52 Å². The molecule has 0 bridgehead atoms. The van der Waals surface area contributed by atoms with Gasteiger partial charge in [-0.2, -0.15) is 0 Å². The molecule has 1 heterocycles. The highest BCUT2D eigenvalue weighted by Crippen LogP contribution is 2.35. The molecule has 4 rings (SSSR count). The van der Waals surface area contributed by atoms with E-state index >= 15 is 0 Å². The second-order valence-corrected chi connectivity index (χ2v) is 5.00. The maximum atomic E-state index is 9.71. The Bertz CT molecular complexity index is 865. The van der Waals surface area contributed by atoms with Crippen LogP contribution in [0.1, 0.15) is 18.9 Å². The molecule has 98 valence electrons. The Labute approximate surface area is 115 Å². The van der Waals surface area contributed by atoms with Crippen LogP contribution in [0.3, 0.4) is 0 Å². The zero-order chi connectivity index (χ0) is 13.7. The van der Waals surface area contributed by atoms with Crippen molar-refractivity contribution in [2.45, 2.75) is 13.0 Å². The number of rotatable bonds is 1. The van der Waals surface area contributed by atoms with Gasteiger partial charge >= 0.3 is 0 Å². The summed E-state index contributed by atoms with van der Waals surface area (Å²) in [5.41, 5.74) is 1.56. The molecule has 0 aliphatic rings. The topological polar surface area (TPSA) is 46.3 Å². The maximum absolute atomic E-state index is 9.71. The minimum Gasteiger partial charge on any atom is -0.437 e. The summed E-state index contributed by atoms with van der Waals surface area (Å²) >= 11 is 0. The summed E-state index contributed by atoms with van der Waals surface area (Å²) in [5, 5.41) is 14.1. The van der Waals surface area contributed by atoms with Crippen molar-refractivity contribution in [2.24, 2.45) is 0 Å². The van der Waals surface area contributed by atoms with Crippen molar-refractivity contribution >= 4 is 32.6 Å². The molecule has 0 spiro atoms. The van der Waals surface area contributed by atoms with Gasteiger partial charge in [0.15, 0.2) is 5.58 Å². The summed E-state index contributed by atoms with van der Waals surface area (Å²) in [6.45, 7) is 1.66. The van der Waals surface area contributed by atoms with Crippen LogP contribution in [0.15, 0.2) is 52.9 Å². The molecule has 3 heteroatoms. The van der Waals surface area contributed by atoms with Crippen LogP contribution in [0, 0.1) is 0 Å². The van der Waals surface area contributed by atoms with Crippen molar-refractivity contribution in [3.05, 3.63) is 54.4 Å². The van der Waals surface area contributed by atoms with Crippen molar-refractivity contribution in [2.75, 3.05) is 0 Å². The summed E-state index contributed by atoms with van der Waals surface area (Å²) in [6, 6.07) is 16.3. The SMILES string of the molecule is CC(O)c1nc2c3ccccc3c3ccccc3c2o1. The second-order valence-electron chi connectivity index (χ2n) is 5.00. The van der Waals surface area contributed by atoms with Crippen LogP contribution >= 0.6 is 0 Å². The van der Waals surface area contributed by atoms with Crippen molar-refractivity contribution < 1.29 is 9.52 Å². The molecule has 0 radical (unpaired) electrons. The number of nitrogens with zero attached hydrogens (tertiary/aromatic N) is 1. The number of aliphatic hydroxyl groups is 1. The van der Waals surface area contributed by atoms with E-state index in [2.05, 4.69) is 17.1 Å². The molecule has 0 fully saturated rings. The van der Waals surface area contributed by atoms with Gasteiger partial charge in [0.05, 0.1) is 0 Å². The molecule has 4 aromatic rings. The quantitative estimate of drug-likeness (QED) is 0.524. The molecule has 1 atom stereocenters. The first-order valence-electron chi connectivity index (χ1n) is 6.63. The fraction of sp³-hybridized carbons (Fsp3) is 0.118. The number of hydrogen-bond donors (Lipinski definition) is 1. The number of fused-ring (bicyclic) bond motifs is 6. The van der Waals surface area contributed by atoms with Crippen molar-refractivity contribution in [1.29, 1.82) is 0 Å². The van der Waals surface area contributed by atoms with Gasteiger partial charge in [-0.3, -0.25) is 0 Å². The standard InChI is InChI=1S/C17H13NO2/c1-10(19)17-18-15-13-8-4-2-6-11(13)12-7-3-5-9-14(12)16(15)20-17/h2-10,19H,1H3. The molecular weight excluding hydrogens is 250 g/mol. The summed E-state index contributed by atoms with van der Waals surface area (Å²) < 4.78 is 5.79. The molecule has 1 N–H and O–H groups in total. The van der Waals surface area contributed by atoms with Gasteiger partial charge in [0, 0.05) is 10.8 Å². The van der Waals surface area contributed by atoms with Crippen molar-refractivity contribution in [1.82, 2.24) is 4.98 Å². The zero-order valence-corrected chi connectivity index (χ0v) is 11.0. The molecule has 0 aliphatic heterocycles. The Balaban J connectivity index is 2.32. The van der Waals surface area contributed by atoms with E-state index in [1.165, 1.54) is 0 Å². The molecule has 20 heavy (non-hydrogen) atoms. The molecule has 0 aliphatic carbocycles.